The third-order valence-corrected chi connectivity index (χ3v) is 3.65. The van der Waals surface area contributed by atoms with Crippen LogP contribution < -0.4 is 0 Å². The van der Waals surface area contributed by atoms with Crippen LogP contribution in [0.2, 0.25) is 0 Å². The summed E-state index contributed by atoms with van der Waals surface area (Å²) in [6.07, 6.45) is 3.24. The van der Waals surface area contributed by atoms with Crippen LogP contribution in [0.4, 0.5) is 0 Å². The zero-order valence-electron chi connectivity index (χ0n) is 10.5. The number of carbonyl (C=O) groups is 1. The maximum atomic E-state index is 10.4. The Morgan fingerprint density at radius 1 is 1.67 bits per heavy atom. The third-order valence-electron chi connectivity index (χ3n) is 2.62. The highest BCUT2D eigenvalue weighted by Gasteiger charge is 2.10. The standard InChI is InChI=1S/C13H16N2O2S/c1-10(7-8-14)15(2)9-12-4-3-11(18-12)5-6-13(16)17/h3-6,10H,7,9H2,1-2H3,(H,16,17). The van der Waals surface area contributed by atoms with Gasteiger partial charge in [-0.3, -0.25) is 4.90 Å². The Kier molecular flexibility index (Phi) is 5.56. The van der Waals surface area contributed by atoms with Gasteiger partial charge in [-0.05, 0) is 32.2 Å². The summed E-state index contributed by atoms with van der Waals surface area (Å²) < 4.78 is 0. The van der Waals surface area contributed by atoms with Crippen molar-refractivity contribution in [2.45, 2.75) is 25.9 Å². The summed E-state index contributed by atoms with van der Waals surface area (Å²) in [7, 11) is 1.98. The molecule has 1 aromatic heterocycles. The number of hydrogen-bond acceptors (Lipinski definition) is 4. The summed E-state index contributed by atoms with van der Waals surface area (Å²) in [5.41, 5.74) is 0. The third kappa shape index (κ3) is 4.70. The van der Waals surface area contributed by atoms with Crippen molar-refractivity contribution in [1.82, 2.24) is 4.90 Å². The van der Waals surface area contributed by atoms with Gasteiger partial charge in [0.2, 0.25) is 0 Å². The van der Waals surface area contributed by atoms with Crippen molar-refractivity contribution in [1.29, 1.82) is 5.26 Å². The maximum Gasteiger partial charge on any atom is 0.328 e. The highest BCUT2D eigenvalue weighted by atomic mass is 32.1. The van der Waals surface area contributed by atoms with Gasteiger partial charge in [0, 0.05) is 28.4 Å². The van der Waals surface area contributed by atoms with E-state index in [1.807, 2.05) is 26.1 Å². The molecule has 0 fully saturated rings. The lowest BCUT2D eigenvalue weighted by molar-refractivity contribution is -0.131. The van der Waals surface area contributed by atoms with Crippen molar-refractivity contribution in [3.05, 3.63) is 28.0 Å². The van der Waals surface area contributed by atoms with Crippen LogP contribution in [0.3, 0.4) is 0 Å². The Bertz CT molecular complexity index is 474. The van der Waals surface area contributed by atoms with Crippen molar-refractivity contribution in [3.63, 3.8) is 0 Å². The van der Waals surface area contributed by atoms with Crippen LogP contribution in [0.15, 0.2) is 18.2 Å². The molecule has 1 heterocycles. The van der Waals surface area contributed by atoms with E-state index in [-0.39, 0.29) is 6.04 Å². The predicted molar refractivity (Wildman–Crippen MR) is 72.1 cm³/mol. The summed E-state index contributed by atoms with van der Waals surface area (Å²) in [4.78, 5) is 14.6. The first-order chi connectivity index (χ1) is 8.52. The molecule has 0 aromatic carbocycles. The summed E-state index contributed by atoms with van der Waals surface area (Å²) in [5, 5.41) is 17.2. The van der Waals surface area contributed by atoms with Gasteiger partial charge in [0.15, 0.2) is 0 Å². The number of hydrogen-bond donors (Lipinski definition) is 1. The summed E-state index contributed by atoms with van der Waals surface area (Å²) in [6, 6.07) is 6.27. The lowest BCUT2D eigenvalue weighted by Crippen LogP contribution is -2.27. The number of carboxylic acids is 1. The zero-order chi connectivity index (χ0) is 13.5. The van der Waals surface area contributed by atoms with Gasteiger partial charge in [0.1, 0.15) is 0 Å². The van der Waals surface area contributed by atoms with Crippen molar-refractivity contribution < 1.29 is 9.90 Å². The van der Waals surface area contributed by atoms with Gasteiger partial charge >= 0.3 is 5.97 Å². The van der Waals surface area contributed by atoms with E-state index in [0.717, 1.165) is 22.4 Å². The number of nitriles is 1. The molecule has 4 nitrogen and oxygen atoms in total. The Labute approximate surface area is 111 Å². The molecule has 1 rings (SSSR count). The van der Waals surface area contributed by atoms with Gasteiger partial charge in [-0.1, -0.05) is 0 Å². The molecular weight excluding hydrogens is 248 g/mol. The summed E-state index contributed by atoms with van der Waals surface area (Å²) in [5.74, 6) is -0.940. The van der Waals surface area contributed by atoms with Crippen molar-refractivity contribution in [3.8, 4) is 6.07 Å². The fraction of sp³-hybridized carbons (Fsp3) is 0.385. The van der Waals surface area contributed by atoms with Crippen LogP contribution in [0.25, 0.3) is 6.08 Å². The Hall–Kier alpha value is -1.64. The fourth-order valence-electron chi connectivity index (χ4n) is 1.41. The second-order valence-electron chi connectivity index (χ2n) is 4.10. The maximum absolute atomic E-state index is 10.4. The molecule has 0 saturated carbocycles. The molecule has 0 saturated heterocycles. The average molecular weight is 264 g/mol. The minimum atomic E-state index is -0.940. The van der Waals surface area contributed by atoms with Crippen LogP contribution in [0, 0.1) is 11.3 Å². The molecule has 18 heavy (non-hydrogen) atoms. The SMILES string of the molecule is CC(CC#N)N(C)Cc1ccc(C=CC(=O)O)s1. The molecule has 96 valence electrons. The monoisotopic (exact) mass is 264 g/mol. The van der Waals surface area contributed by atoms with E-state index >= 15 is 0 Å². The average Bonchev–Trinajstić information content (AvgIpc) is 2.74. The van der Waals surface area contributed by atoms with Crippen LogP contribution in [-0.2, 0) is 11.3 Å². The van der Waals surface area contributed by atoms with Crippen molar-refractivity contribution in [2.75, 3.05) is 7.05 Å². The molecule has 0 aliphatic rings. The van der Waals surface area contributed by atoms with Crippen molar-refractivity contribution >= 4 is 23.4 Å². The first-order valence-corrected chi connectivity index (χ1v) is 6.41. The van der Waals surface area contributed by atoms with E-state index in [0.29, 0.717) is 6.42 Å². The quantitative estimate of drug-likeness (QED) is 0.802. The second-order valence-corrected chi connectivity index (χ2v) is 5.30. The van der Waals surface area contributed by atoms with Crippen LogP contribution in [-0.4, -0.2) is 29.1 Å². The first kappa shape index (κ1) is 14.4. The predicted octanol–water partition coefficient (Wildman–Crippen LogP) is 2.58. The van der Waals surface area contributed by atoms with Gasteiger partial charge < -0.3 is 5.11 Å². The molecule has 1 N–H and O–H groups in total. The van der Waals surface area contributed by atoms with Gasteiger partial charge in [0.25, 0.3) is 0 Å². The van der Waals surface area contributed by atoms with Crippen LogP contribution in [0.5, 0.6) is 0 Å². The summed E-state index contributed by atoms with van der Waals surface area (Å²) in [6.45, 7) is 2.79. The number of nitrogens with zero attached hydrogens (tertiary/aromatic N) is 2. The molecule has 0 bridgehead atoms. The molecule has 0 radical (unpaired) electrons. The fourth-order valence-corrected chi connectivity index (χ4v) is 2.39. The van der Waals surface area contributed by atoms with E-state index in [1.54, 1.807) is 17.4 Å². The van der Waals surface area contributed by atoms with E-state index in [4.69, 9.17) is 10.4 Å². The highest BCUT2D eigenvalue weighted by Crippen LogP contribution is 2.20. The normalized spacial score (nSPS) is 12.8. The van der Waals surface area contributed by atoms with Crippen LogP contribution in [0.1, 0.15) is 23.1 Å². The Morgan fingerprint density at radius 2 is 2.39 bits per heavy atom. The van der Waals surface area contributed by atoms with Gasteiger partial charge in [-0.2, -0.15) is 5.26 Å². The molecule has 0 spiro atoms. The molecule has 1 atom stereocenters. The molecule has 0 aliphatic carbocycles. The lowest BCUT2D eigenvalue weighted by Gasteiger charge is -2.21. The topological polar surface area (TPSA) is 64.3 Å². The Morgan fingerprint density at radius 3 is 3.00 bits per heavy atom. The molecule has 5 heteroatoms. The minimum absolute atomic E-state index is 0.218. The van der Waals surface area contributed by atoms with Crippen LogP contribution >= 0.6 is 11.3 Å². The Balaban J connectivity index is 2.59. The second kappa shape index (κ2) is 6.94. The minimum Gasteiger partial charge on any atom is -0.478 e. The smallest absolute Gasteiger partial charge is 0.328 e. The number of rotatable bonds is 6. The number of thiophene rings is 1. The summed E-state index contributed by atoms with van der Waals surface area (Å²) >= 11 is 1.56. The number of carboxylic acid groups (broad SMARTS) is 1. The molecule has 1 aromatic rings. The van der Waals surface area contributed by atoms with E-state index in [9.17, 15) is 4.79 Å². The van der Waals surface area contributed by atoms with E-state index in [1.165, 1.54) is 0 Å². The largest absolute Gasteiger partial charge is 0.478 e. The van der Waals surface area contributed by atoms with Gasteiger partial charge in [0.05, 0.1) is 12.5 Å². The van der Waals surface area contributed by atoms with E-state index in [2.05, 4.69) is 11.0 Å². The highest BCUT2D eigenvalue weighted by molar-refractivity contribution is 7.12. The molecular formula is C13H16N2O2S. The van der Waals surface area contributed by atoms with E-state index < -0.39 is 5.97 Å². The lowest BCUT2D eigenvalue weighted by atomic mass is 10.2. The van der Waals surface area contributed by atoms with Crippen molar-refractivity contribution in [2.24, 2.45) is 0 Å². The first-order valence-electron chi connectivity index (χ1n) is 5.60. The van der Waals surface area contributed by atoms with Gasteiger partial charge in [-0.25, -0.2) is 4.79 Å². The molecule has 1 unspecified atom stereocenters. The van der Waals surface area contributed by atoms with Gasteiger partial charge in [-0.15, -0.1) is 11.3 Å². The zero-order valence-corrected chi connectivity index (χ0v) is 11.3. The molecule has 0 amide bonds. The molecule has 0 aliphatic heterocycles. The number of aliphatic carboxylic acids is 1.